The highest BCUT2D eigenvalue weighted by Crippen LogP contribution is 2.18. The summed E-state index contributed by atoms with van der Waals surface area (Å²) in [6, 6.07) is 0. The number of amides is 1. The van der Waals surface area contributed by atoms with E-state index in [1.165, 1.54) is 7.11 Å². The molecule has 1 amide bonds. The van der Waals surface area contributed by atoms with Crippen LogP contribution in [0, 0.1) is 11.3 Å². The zero-order valence-electron chi connectivity index (χ0n) is 14.7. The second-order valence-electron chi connectivity index (χ2n) is 6.45. The molecule has 0 saturated carbocycles. The third-order valence-corrected chi connectivity index (χ3v) is 3.61. The van der Waals surface area contributed by atoms with Crippen LogP contribution in [0.15, 0.2) is 0 Å². The average Bonchev–Trinajstić information content (AvgIpc) is 2.44. The van der Waals surface area contributed by atoms with E-state index in [1.807, 2.05) is 20.8 Å². The normalized spacial score (nSPS) is 13.1. The minimum atomic E-state index is -0.445. The van der Waals surface area contributed by atoms with E-state index in [0.717, 1.165) is 19.6 Å². The van der Waals surface area contributed by atoms with Crippen molar-refractivity contribution in [3.05, 3.63) is 0 Å². The predicted octanol–water partition coefficient (Wildman–Crippen LogP) is 2.01. The Morgan fingerprint density at radius 3 is 2.00 bits per heavy atom. The number of nitrogens with zero attached hydrogens (tertiary/aromatic N) is 2. The summed E-state index contributed by atoms with van der Waals surface area (Å²) in [5.74, 6) is -0.507. The molecular weight excluding hydrogens is 268 g/mol. The first-order valence-electron chi connectivity index (χ1n) is 7.76. The maximum absolute atomic E-state index is 12.6. The van der Waals surface area contributed by atoms with Gasteiger partial charge in [-0.15, -0.1) is 0 Å². The Labute approximate surface area is 129 Å². The van der Waals surface area contributed by atoms with E-state index in [0.29, 0.717) is 13.1 Å². The molecule has 0 aliphatic carbocycles. The van der Waals surface area contributed by atoms with E-state index in [4.69, 9.17) is 4.74 Å². The van der Waals surface area contributed by atoms with Gasteiger partial charge in [-0.25, -0.2) is 0 Å². The molecule has 0 aliphatic heterocycles. The van der Waals surface area contributed by atoms with Gasteiger partial charge in [0.2, 0.25) is 5.91 Å². The summed E-state index contributed by atoms with van der Waals surface area (Å²) < 4.78 is 4.76. The second kappa shape index (κ2) is 9.03. The van der Waals surface area contributed by atoms with E-state index >= 15 is 0 Å². The third kappa shape index (κ3) is 6.93. The first-order valence-corrected chi connectivity index (χ1v) is 7.76. The number of likely N-dealkylation sites (N-methyl/N-ethyl adjacent to an activating group) is 1. The summed E-state index contributed by atoms with van der Waals surface area (Å²) in [6.45, 7) is 15.5. The maximum atomic E-state index is 12.6. The number of carbonyl (C=O) groups is 2. The van der Waals surface area contributed by atoms with Crippen molar-refractivity contribution in [3.8, 4) is 0 Å². The molecular formula is C16H32N2O3. The van der Waals surface area contributed by atoms with Gasteiger partial charge in [-0.2, -0.15) is 0 Å². The number of carbonyl (C=O) groups excluding carboxylic acids is 2. The topological polar surface area (TPSA) is 49.9 Å². The highest BCUT2D eigenvalue weighted by atomic mass is 16.5. The van der Waals surface area contributed by atoms with Gasteiger partial charge in [0, 0.05) is 25.0 Å². The lowest BCUT2D eigenvalue weighted by Crippen LogP contribution is -2.46. The van der Waals surface area contributed by atoms with Crippen LogP contribution in [-0.4, -0.2) is 61.5 Å². The molecule has 5 nitrogen and oxygen atoms in total. The molecule has 0 saturated heterocycles. The fourth-order valence-electron chi connectivity index (χ4n) is 2.16. The zero-order chi connectivity index (χ0) is 16.6. The van der Waals surface area contributed by atoms with Crippen LogP contribution in [-0.2, 0) is 14.3 Å². The Morgan fingerprint density at radius 2 is 1.62 bits per heavy atom. The molecule has 0 heterocycles. The Kier molecular flexibility index (Phi) is 8.55. The monoisotopic (exact) mass is 300 g/mol. The largest absolute Gasteiger partial charge is 0.469 e. The molecule has 0 bridgehead atoms. The van der Waals surface area contributed by atoms with E-state index in [2.05, 4.69) is 18.7 Å². The smallest absolute Gasteiger partial charge is 0.310 e. The van der Waals surface area contributed by atoms with Crippen molar-refractivity contribution in [3.63, 3.8) is 0 Å². The summed E-state index contributed by atoms with van der Waals surface area (Å²) in [7, 11) is 1.38. The van der Waals surface area contributed by atoms with Crippen molar-refractivity contribution < 1.29 is 14.3 Å². The van der Waals surface area contributed by atoms with E-state index < -0.39 is 5.41 Å². The standard InChI is InChI=1S/C16H32N2O3/c1-8-17(9-2)10-11-18(15(20)16(4,5)6)12-13(3)14(19)21-7/h13H,8-12H2,1-7H3. The Morgan fingerprint density at radius 1 is 1.10 bits per heavy atom. The molecule has 0 rings (SSSR count). The third-order valence-electron chi connectivity index (χ3n) is 3.61. The summed E-state index contributed by atoms with van der Waals surface area (Å²) in [4.78, 5) is 28.2. The van der Waals surface area contributed by atoms with Gasteiger partial charge in [0.1, 0.15) is 0 Å². The van der Waals surface area contributed by atoms with Crippen molar-refractivity contribution in [2.24, 2.45) is 11.3 Å². The molecule has 1 atom stereocenters. The van der Waals surface area contributed by atoms with Gasteiger partial charge < -0.3 is 14.5 Å². The lowest BCUT2D eigenvalue weighted by Gasteiger charge is -2.32. The Bertz CT molecular complexity index is 333. The molecule has 0 spiro atoms. The molecule has 0 fully saturated rings. The van der Waals surface area contributed by atoms with E-state index in [1.54, 1.807) is 11.8 Å². The molecule has 0 aromatic rings. The molecule has 0 aromatic heterocycles. The van der Waals surface area contributed by atoms with E-state index in [9.17, 15) is 9.59 Å². The number of ether oxygens (including phenoxy) is 1. The molecule has 0 aromatic carbocycles. The Hall–Kier alpha value is -1.10. The SMILES string of the molecule is CCN(CC)CCN(CC(C)C(=O)OC)C(=O)C(C)(C)C. The second-order valence-corrected chi connectivity index (χ2v) is 6.45. The van der Waals surface area contributed by atoms with Gasteiger partial charge in [-0.05, 0) is 13.1 Å². The van der Waals surface area contributed by atoms with Crippen LogP contribution >= 0.6 is 0 Å². The molecule has 5 heteroatoms. The first kappa shape index (κ1) is 19.9. The van der Waals surface area contributed by atoms with Crippen LogP contribution in [0.25, 0.3) is 0 Å². The molecule has 21 heavy (non-hydrogen) atoms. The number of hydrogen-bond donors (Lipinski definition) is 0. The molecule has 1 unspecified atom stereocenters. The predicted molar refractivity (Wildman–Crippen MR) is 85.0 cm³/mol. The van der Waals surface area contributed by atoms with Gasteiger partial charge in [0.25, 0.3) is 0 Å². The molecule has 0 aliphatic rings. The van der Waals surface area contributed by atoms with Gasteiger partial charge in [0.05, 0.1) is 13.0 Å². The van der Waals surface area contributed by atoms with Gasteiger partial charge in [0.15, 0.2) is 0 Å². The number of esters is 1. The quantitative estimate of drug-likeness (QED) is 0.644. The van der Waals surface area contributed by atoms with Crippen molar-refractivity contribution in [2.75, 3.05) is 39.8 Å². The highest BCUT2D eigenvalue weighted by Gasteiger charge is 2.29. The van der Waals surface area contributed by atoms with Gasteiger partial charge in [-0.1, -0.05) is 41.5 Å². The fraction of sp³-hybridized carbons (Fsp3) is 0.875. The fourth-order valence-corrected chi connectivity index (χ4v) is 2.16. The van der Waals surface area contributed by atoms with Crippen molar-refractivity contribution in [1.82, 2.24) is 9.80 Å². The summed E-state index contributed by atoms with van der Waals surface area (Å²) >= 11 is 0. The highest BCUT2D eigenvalue weighted by molar-refractivity contribution is 5.82. The number of methoxy groups -OCH3 is 1. The van der Waals surface area contributed by atoms with Gasteiger partial charge in [-0.3, -0.25) is 9.59 Å². The van der Waals surface area contributed by atoms with E-state index in [-0.39, 0.29) is 17.8 Å². The van der Waals surface area contributed by atoms with Crippen LogP contribution < -0.4 is 0 Å². The summed E-state index contributed by atoms with van der Waals surface area (Å²) in [5.41, 5.74) is -0.445. The lowest BCUT2D eigenvalue weighted by atomic mass is 9.94. The van der Waals surface area contributed by atoms with Crippen LogP contribution in [0.3, 0.4) is 0 Å². The number of rotatable bonds is 8. The summed E-state index contributed by atoms with van der Waals surface area (Å²) in [5, 5.41) is 0. The van der Waals surface area contributed by atoms with Gasteiger partial charge >= 0.3 is 5.97 Å². The van der Waals surface area contributed by atoms with Crippen LogP contribution in [0.5, 0.6) is 0 Å². The minimum absolute atomic E-state index is 0.0745. The molecule has 124 valence electrons. The van der Waals surface area contributed by atoms with Crippen LogP contribution in [0.1, 0.15) is 41.5 Å². The number of hydrogen-bond acceptors (Lipinski definition) is 4. The Balaban J connectivity index is 4.85. The average molecular weight is 300 g/mol. The zero-order valence-corrected chi connectivity index (χ0v) is 14.7. The summed E-state index contributed by atoms with van der Waals surface area (Å²) in [6.07, 6.45) is 0. The van der Waals surface area contributed by atoms with Crippen LogP contribution in [0.2, 0.25) is 0 Å². The van der Waals surface area contributed by atoms with Crippen molar-refractivity contribution in [2.45, 2.75) is 41.5 Å². The van der Waals surface area contributed by atoms with Crippen LogP contribution in [0.4, 0.5) is 0 Å². The molecule has 0 radical (unpaired) electrons. The maximum Gasteiger partial charge on any atom is 0.310 e. The first-order chi connectivity index (χ1) is 9.67. The molecule has 0 N–H and O–H groups in total. The minimum Gasteiger partial charge on any atom is -0.469 e. The van der Waals surface area contributed by atoms with Crippen molar-refractivity contribution >= 4 is 11.9 Å². The lowest BCUT2D eigenvalue weighted by molar-refractivity contribution is -0.148. The van der Waals surface area contributed by atoms with Crippen molar-refractivity contribution in [1.29, 1.82) is 0 Å².